The molecule has 0 aliphatic rings. The second-order valence-corrected chi connectivity index (χ2v) is 4.85. The molecule has 0 saturated heterocycles. The number of carbonyl (C=O) groups is 1. The van der Waals surface area contributed by atoms with Crippen LogP contribution in [0.2, 0.25) is 0 Å². The molecule has 0 aromatic heterocycles. The van der Waals surface area contributed by atoms with Crippen LogP contribution in [0.5, 0.6) is 0 Å². The molecule has 0 bridgehead atoms. The van der Waals surface area contributed by atoms with Gasteiger partial charge in [0.2, 0.25) is 5.91 Å². The van der Waals surface area contributed by atoms with E-state index in [-0.39, 0.29) is 12.3 Å². The molecule has 0 radical (unpaired) electrons. The fourth-order valence-electron chi connectivity index (χ4n) is 1.52. The molecule has 0 fully saturated rings. The van der Waals surface area contributed by atoms with E-state index in [1.807, 2.05) is 0 Å². The Morgan fingerprint density at radius 2 is 1.04 bits per heavy atom. The molecule has 0 spiro atoms. The zero-order chi connectivity index (χ0) is 19.1. The van der Waals surface area contributed by atoms with E-state index in [9.17, 15) is 4.79 Å². The average Bonchev–Trinajstić information content (AvgIpc) is 2.62. The largest absolute Gasteiger partial charge is 0.379 e. The van der Waals surface area contributed by atoms with Gasteiger partial charge in [-0.15, -0.1) is 0 Å². The van der Waals surface area contributed by atoms with Crippen molar-refractivity contribution in [2.75, 3.05) is 85.8 Å². The van der Waals surface area contributed by atoms with E-state index < -0.39 is 0 Å². The highest BCUT2D eigenvalue weighted by atomic mass is 16.6. The summed E-state index contributed by atoms with van der Waals surface area (Å²) < 4.78 is 31.6. The smallest absolute Gasteiger partial charge is 0.219 e. The van der Waals surface area contributed by atoms with E-state index in [1.54, 1.807) is 0 Å². The van der Waals surface area contributed by atoms with Crippen molar-refractivity contribution in [1.82, 2.24) is 0 Å². The van der Waals surface area contributed by atoms with Crippen LogP contribution >= 0.6 is 0 Å². The summed E-state index contributed by atoms with van der Waals surface area (Å²) in [6.45, 7) is 5.75. The molecule has 0 atom stereocenters. The first-order valence-corrected chi connectivity index (χ1v) is 8.53. The standard InChI is InChI=1S/C15H30N4O7/c16-15(20)1-3-21-5-7-23-9-11-25-13-14-26-12-10-24-8-6-22-4-2-18-19-17/h1-14H2,(H2,16,20). The third-order valence-corrected chi connectivity index (χ3v) is 2.75. The molecule has 0 aliphatic carbocycles. The van der Waals surface area contributed by atoms with E-state index in [0.717, 1.165) is 0 Å². The Morgan fingerprint density at radius 1 is 0.692 bits per heavy atom. The van der Waals surface area contributed by atoms with Gasteiger partial charge in [-0.25, -0.2) is 0 Å². The van der Waals surface area contributed by atoms with Crippen LogP contribution in [0.3, 0.4) is 0 Å². The molecule has 26 heavy (non-hydrogen) atoms. The number of carbonyl (C=O) groups excluding carboxylic acids is 1. The van der Waals surface area contributed by atoms with E-state index in [1.165, 1.54) is 0 Å². The molecule has 0 saturated carbocycles. The number of rotatable bonds is 21. The lowest BCUT2D eigenvalue weighted by molar-refractivity contribution is -0.119. The summed E-state index contributed by atoms with van der Waals surface area (Å²) in [5.41, 5.74) is 13.0. The van der Waals surface area contributed by atoms with Crippen molar-refractivity contribution in [2.24, 2.45) is 10.8 Å². The summed E-state index contributed by atoms with van der Waals surface area (Å²) in [5, 5.41) is 3.35. The minimum Gasteiger partial charge on any atom is -0.379 e. The van der Waals surface area contributed by atoms with E-state index in [4.69, 9.17) is 39.7 Å². The summed E-state index contributed by atoms with van der Waals surface area (Å²) in [6, 6.07) is 0. The van der Waals surface area contributed by atoms with Crippen LogP contribution in [0.25, 0.3) is 10.4 Å². The topological polar surface area (TPSA) is 147 Å². The van der Waals surface area contributed by atoms with Crippen molar-refractivity contribution in [3.63, 3.8) is 0 Å². The van der Waals surface area contributed by atoms with Gasteiger partial charge in [0.05, 0.1) is 79.3 Å². The zero-order valence-corrected chi connectivity index (χ0v) is 15.2. The molecule has 0 aromatic rings. The molecular formula is C15H30N4O7. The SMILES string of the molecule is [N-]=[N+]=NCCOCCOCCOCCOCCOCCOCCC(N)=O. The minimum atomic E-state index is -0.374. The third kappa shape index (κ3) is 22.5. The lowest BCUT2D eigenvalue weighted by Gasteiger charge is -2.08. The number of azide groups is 1. The van der Waals surface area contributed by atoms with Gasteiger partial charge in [-0.05, 0) is 5.53 Å². The van der Waals surface area contributed by atoms with Crippen LogP contribution in [0.4, 0.5) is 0 Å². The maximum atomic E-state index is 10.5. The summed E-state index contributed by atoms with van der Waals surface area (Å²) in [6.07, 6.45) is 0.223. The molecule has 1 amide bonds. The van der Waals surface area contributed by atoms with Crippen LogP contribution in [-0.4, -0.2) is 91.7 Å². The Bertz CT molecular complexity index is 348. The highest BCUT2D eigenvalue weighted by molar-refractivity contribution is 5.73. The minimum absolute atomic E-state index is 0.223. The van der Waals surface area contributed by atoms with Crippen molar-refractivity contribution in [1.29, 1.82) is 0 Å². The molecular weight excluding hydrogens is 348 g/mol. The lowest BCUT2D eigenvalue weighted by Crippen LogP contribution is -2.16. The van der Waals surface area contributed by atoms with Gasteiger partial charge in [-0.1, -0.05) is 5.11 Å². The molecule has 0 unspecified atom stereocenters. The number of amides is 1. The average molecular weight is 378 g/mol. The Balaban J connectivity index is 3.00. The molecule has 0 aromatic carbocycles. The Labute approximate surface area is 153 Å². The van der Waals surface area contributed by atoms with Gasteiger partial charge in [-0.2, -0.15) is 0 Å². The highest BCUT2D eigenvalue weighted by Crippen LogP contribution is 1.86. The Hall–Kier alpha value is -1.46. The van der Waals surface area contributed by atoms with Gasteiger partial charge >= 0.3 is 0 Å². The Kier molecular flexibility index (Phi) is 20.4. The number of ether oxygens (including phenoxy) is 6. The summed E-state index contributed by atoms with van der Waals surface area (Å²) in [5.74, 6) is -0.374. The first-order chi connectivity index (χ1) is 12.8. The number of hydrogen-bond acceptors (Lipinski definition) is 8. The Morgan fingerprint density at radius 3 is 1.38 bits per heavy atom. The second kappa shape index (κ2) is 21.6. The molecule has 0 rings (SSSR count). The van der Waals surface area contributed by atoms with Gasteiger partial charge in [0.1, 0.15) is 0 Å². The molecule has 0 heterocycles. The van der Waals surface area contributed by atoms with Crippen LogP contribution < -0.4 is 5.73 Å². The highest BCUT2D eigenvalue weighted by Gasteiger charge is 1.95. The zero-order valence-electron chi connectivity index (χ0n) is 15.2. The molecule has 2 N–H and O–H groups in total. The number of nitrogens with two attached hydrogens (primary N) is 1. The molecule has 0 aliphatic heterocycles. The third-order valence-electron chi connectivity index (χ3n) is 2.75. The fraction of sp³-hybridized carbons (Fsp3) is 0.933. The van der Waals surface area contributed by atoms with Crippen molar-refractivity contribution in [3.05, 3.63) is 10.4 Å². The predicted molar refractivity (Wildman–Crippen MR) is 92.7 cm³/mol. The first kappa shape index (κ1) is 24.5. The summed E-state index contributed by atoms with van der Waals surface area (Å²) in [4.78, 5) is 13.1. The first-order valence-electron chi connectivity index (χ1n) is 8.53. The van der Waals surface area contributed by atoms with E-state index >= 15 is 0 Å². The number of nitrogens with zero attached hydrogens (tertiary/aromatic N) is 3. The van der Waals surface area contributed by atoms with Gasteiger partial charge in [0.25, 0.3) is 0 Å². The van der Waals surface area contributed by atoms with E-state index in [2.05, 4.69) is 10.0 Å². The lowest BCUT2D eigenvalue weighted by atomic mass is 10.4. The van der Waals surface area contributed by atoms with Gasteiger partial charge in [-0.3, -0.25) is 4.79 Å². The van der Waals surface area contributed by atoms with Crippen LogP contribution in [-0.2, 0) is 33.2 Å². The number of hydrogen-bond donors (Lipinski definition) is 1. The maximum absolute atomic E-state index is 10.5. The summed E-state index contributed by atoms with van der Waals surface area (Å²) in [7, 11) is 0. The van der Waals surface area contributed by atoms with Crippen molar-refractivity contribution in [3.8, 4) is 0 Å². The van der Waals surface area contributed by atoms with E-state index in [0.29, 0.717) is 85.8 Å². The normalized spacial score (nSPS) is 10.6. The van der Waals surface area contributed by atoms with Crippen molar-refractivity contribution in [2.45, 2.75) is 6.42 Å². The van der Waals surface area contributed by atoms with Gasteiger partial charge < -0.3 is 34.2 Å². The quantitative estimate of drug-likeness (QED) is 0.130. The van der Waals surface area contributed by atoms with Crippen LogP contribution in [0.1, 0.15) is 6.42 Å². The predicted octanol–water partition coefficient (Wildman–Crippen LogP) is 0.272. The van der Waals surface area contributed by atoms with Crippen LogP contribution in [0, 0.1) is 0 Å². The maximum Gasteiger partial charge on any atom is 0.219 e. The van der Waals surface area contributed by atoms with Gasteiger partial charge in [0.15, 0.2) is 0 Å². The fourth-order valence-corrected chi connectivity index (χ4v) is 1.52. The molecule has 152 valence electrons. The van der Waals surface area contributed by atoms with Crippen molar-refractivity contribution < 1.29 is 33.2 Å². The molecule has 11 nitrogen and oxygen atoms in total. The van der Waals surface area contributed by atoms with Gasteiger partial charge in [0, 0.05) is 17.9 Å². The summed E-state index contributed by atoms with van der Waals surface area (Å²) >= 11 is 0. The monoisotopic (exact) mass is 378 g/mol. The van der Waals surface area contributed by atoms with Crippen molar-refractivity contribution >= 4 is 5.91 Å². The second-order valence-electron chi connectivity index (χ2n) is 4.85. The number of primary amides is 1. The molecule has 11 heteroatoms. The van der Waals surface area contributed by atoms with Crippen LogP contribution in [0.15, 0.2) is 5.11 Å².